The first-order chi connectivity index (χ1) is 10.1. The largest absolute Gasteiger partial charge is 0.304 e. The maximum absolute atomic E-state index is 11.8. The predicted molar refractivity (Wildman–Crippen MR) is 83.6 cm³/mol. The molecule has 3 rings (SSSR count). The van der Waals surface area contributed by atoms with Gasteiger partial charge < -0.3 is 5.32 Å². The van der Waals surface area contributed by atoms with Crippen molar-refractivity contribution >= 4 is 16.3 Å². The summed E-state index contributed by atoms with van der Waals surface area (Å²) in [5.74, 6) is 0. The molecule has 0 unspecified atom stereocenters. The quantitative estimate of drug-likeness (QED) is 0.803. The van der Waals surface area contributed by atoms with Crippen molar-refractivity contribution in [1.29, 1.82) is 0 Å². The highest BCUT2D eigenvalue weighted by Gasteiger charge is 2.09. The highest BCUT2D eigenvalue weighted by molar-refractivity contribution is 7.16. The number of aryl methyl sites for hydroxylation is 1. The van der Waals surface area contributed by atoms with Crippen LogP contribution >= 0.6 is 11.3 Å². The Morgan fingerprint density at radius 2 is 2.10 bits per heavy atom. The van der Waals surface area contributed by atoms with Crippen LogP contribution in [-0.2, 0) is 6.54 Å². The highest BCUT2D eigenvalue weighted by atomic mass is 32.1. The molecule has 0 aliphatic carbocycles. The second-order valence-electron chi connectivity index (χ2n) is 4.94. The molecule has 1 aromatic carbocycles. The maximum atomic E-state index is 11.8. The van der Waals surface area contributed by atoms with Crippen molar-refractivity contribution in [2.45, 2.75) is 26.4 Å². The molecule has 0 fully saturated rings. The second-order valence-corrected chi connectivity index (χ2v) is 5.98. The monoisotopic (exact) mass is 300 g/mol. The van der Waals surface area contributed by atoms with Gasteiger partial charge in [0.25, 0.3) is 5.56 Å². The minimum Gasteiger partial charge on any atom is -0.304 e. The molecule has 2 aromatic heterocycles. The molecule has 3 aromatic rings. The van der Waals surface area contributed by atoms with Gasteiger partial charge in [0.1, 0.15) is 5.01 Å². The van der Waals surface area contributed by atoms with E-state index in [1.807, 2.05) is 25.1 Å². The van der Waals surface area contributed by atoms with Gasteiger partial charge in [0, 0.05) is 17.8 Å². The molecule has 0 saturated carbocycles. The van der Waals surface area contributed by atoms with Crippen LogP contribution in [0.25, 0.3) is 4.96 Å². The molecular weight excluding hydrogens is 284 g/mol. The fourth-order valence-electron chi connectivity index (χ4n) is 2.13. The van der Waals surface area contributed by atoms with E-state index >= 15 is 0 Å². The van der Waals surface area contributed by atoms with Gasteiger partial charge in [-0.25, -0.2) is 4.98 Å². The van der Waals surface area contributed by atoms with E-state index in [4.69, 9.17) is 0 Å². The lowest BCUT2D eigenvalue weighted by Crippen LogP contribution is -2.19. The second kappa shape index (κ2) is 5.75. The van der Waals surface area contributed by atoms with Gasteiger partial charge in [-0.2, -0.15) is 9.61 Å². The Morgan fingerprint density at radius 3 is 2.86 bits per heavy atom. The number of rotatable bonds is 4. The molecule has 0 amide bonds. The van der Waals surface area contributed by atoms with Crippen molar-refractivity contribution in [1.82, 2.24) is 19.9 Å². The molecule has 5 nitrogen and oxygen atoms in total. The summed E-state index contributed by atoms with van der Waals surface area (Å²) in [5.41, 5.74) is 1.82. The molecule has 21 heavy (non-hydrogen) atoms. The molecule has 0 aliphatic rings. The predicted octanol–water partition coefficient (Wildman–Crippen LogP) is 2.31. The summed E-state index contributed by atoms with van der Waals surface area (Å²) in [7, 11) is 0. The zero-order chi connectivity index (χ0) is 14.8. The van der Waals surface area contributed by atoms with E-state index in [9.17, 15) is 4.79 Å². The molecule has 0 saturated heterocycles. The summed E-state index contributed by atoms with van der Waals surface area (Å²) in [6.45, 7) is 4.54. The Hall–Kier alpha value is -2.05. The Balaban J connectivity index is 1.77. The summed E-state index contributed by atoms with van der Waals surface area (Å²) < 4.78 is 1.36. The third kappa shape index (κ3) is 3.01. The van der Waals surface area contributed by atoms with E-state index in [-0.39, 0.29) is 11.6 Å². The fourth-order valence-corrected chi connectivity index (χ4v) is 3.03. The van der Waals surface area contributed by atoms with Gasteiger partial charge in [-0.15, -0.1) is 0 Å². The van der Waals surface area contributed by atoms with Crippen molar-refractivity contribution in [3.8, 4) is 0 Å². The molecule has 0 bridgehead atoms. The first-order valence-corrected chi connectivity index (χ1v) is 7.60. The van der Waals surface area contributed by atoms with Crippen LogP contribution in [0, 0.1) is 6.92 Å². The van der Waals surface area contributed by atoms with Gasteiger partial charge >= 0.3 is 0 Å². The van der Waals surface area contributed by atoms with Crippen molar-refractivity contribution < 1.29 is 0 Å². The van der Waals surface area contributed by atoms with Crippen molar-refractivity contribution in [2.24, 2.45) is 0 Å². The van der Waals surface area contributed by atoms with Crippen LogP contribution < -0.4 is 10.9 Å². The van der Waals surface area contributed by atoms with Crippen LogP contribution in [0.4, 0.5) is 0 Å². The molecule has 1 N–H and O–H groups in total. The normalized spacial score (nSPS) is 12.7. The van der Waals surface area contributed by atoms with Gasteiger partial charge in [0.2, 0.25) is 4.96 Å². The molecule has 0 aliphatic heterocycles. The third-order valence-corrected chi connectivity index (χ3v) is 4.18. The standard InChI is InChI=1S/C15H16N4OS/c1-10-8-14(20)19-15(17-10)21-13(18-19)9-16-11(2)12-6-4-3-5-7-12/h3-8,11,16H,9H2,1-2H3/t11-/m1/s1. The van der Waals surface area contributed by atoms with E-state index < -0.39 is 0 Å². The fraction of sp³-hybridized carbons (Fsp3) is 0.267. The van der Waals surface area contributed by atoms with Crippen LogP contribution in [-0.4, -0.2) is 14.6 Å². The Labute approximate surface area is 126 Å². The zero-order valence-electron chi connectivity index (χ0n) is 11.9. The summed E-state index contributed by atoms with van der Waals surface area (Å²) in [6.07, 6.45) is 0. The van der Waals surface area contributed by atoms with E-state index in [0.717, 1.165) is 10.7 Å². The van der Waals surface area contributed by atoms with Gasteiger partial charge in [0.15, 0.2) is 0 Å². The van der Waals surface area contributed by atoms with Gasteiger partial charge in [-0.1, -0.05) is 41.7 Å². The van der Waals surface area contributed by atoms with E-state index in [2.05, 4.69) is 34.5 Å². The lowest BCUT2D eigenvalue weighted by molar-refractivity contribution is 0.569. The first kappa shape index (κ1) is 13.9. The molecule has 6 heteroatoms. The van der Waals surface area contributed by atoms with E-state index in [0.29, 0.717) is 11.5 Å². The van der Waals surface area contributed by atoms with Crippen LogP contribution in [0.15, 0.2) is 41.2 Å². The first-order valence-electron chi connectivity index (χ1n) is 6.78. The number of hydrogen-bond acceptors (Lipinski definition) is 5. The number of benzene rings is 1. The minimum atomic E-state index is -0.129. The van der Waals surface area contributed by atoms with Crippen molar-refractivity contribution in [3.63, 3.8) is 0 Å². The number of fused-ring (bicyclic) bond motifs is 1. The van der Waals surface area contributed by atoms with Gasteiger partial charge in [-0.05, 0) is 19.4 Å². The van der Waals surface area contributed by atoms with E-state index in [1.54, 1.807) is 0 Å². The smallest absolute Gasteiger partial charge is 0.275 e. The van der Waals surface area contributed by atoms with Gasteiger partial charge in [0.05, 0.1) is 6.54 Å². The van der Waals surface area contributed by atoms with Crippen LogP contribution in [0.3, 0.4) is 0 Å². The van der Waals surface area contributed by atoms with Gasteiger partial charge in [-0.3, -0.25) is 4.79 Å². The Kier molecular flexibility index (Phi) is 3.81. The average molecular weight is 300 g/mol. The summed E-state index contributed by atoms with van der Waals surface area (Å²) in [4.78, 5) is 16.8. The summed E-state index contributed by atoms with van der Waals surface area (Å²) in [6, 6.07) is 12.0. The molecule has 0 spiro atoms. The SMILES string of the molecule is Cc1cc(=O)n2nc(CN[C@H](C)c3ccccc3)sc2n1. The maximum Gasteiger partial charge on any atom is 0.275 e. The average Bonchev–Trinajstić information content (AvgIpc) is 2.89. The van der Waals surface area contributed by atoms with Crippen LogP contribution in [0.2, 0.25) is 0 Å². The lowest BCUT2D eigenvalue weighted by atomic mass is 10.1. The molecule has 1 atom stereocenters. The highest BCUT2D eigenvalue weighted by Crippen LogP contribution is 2.15. The lowest BCUT2D eigenvalue weighted by Gasteiger charge is -2.12. The Morgan fingerprint density at radius 1 is 1.33 bits per heavy atom. The third-order valence-electron chi connectivity index (χ3n) is 3.27. The Bertz CT molecular complexity index is 809. The number of nitrogens with one attached hydrogen (secondary N) is 1. The molecular formula is C15H16N4OS. The summed E-state index contributed by atoms with van der Waals surface area (Å²) in [5, 5.41) is 8.59. The van der Waals surface area contributed by atoms with Crippen molar-refractivity contribution in [3.05, 3.63) is 63.0 Å². The zero-order valence-corrected chi connectivity index (χ0v) is 12.7. The van der Waals surface area contributed by atoms with Crippen LogP contribution in [0.1, 0.15) is 29.2 Å². The molecule has 2 heterocycles. The van der Waals surface area contributed by atoms with Crippen molar-refractivity contribution in [2.75, 3.05) is 0 Å². The van der Waals surface area contributed by atoms with Crippen LogP contribution in [0.5, 0.6) is 0 Å². The topological polar surface area (TPSA) is 59.3 Å². The minimum absolute atomic E-state index is 0.129. The molecule has 108 valence electrons. The number of hydrogen-bond donors (Lipinski definition) is 1. The summed E-state index contributed by atoms with van der Waals surface area (Å²) >= 11 is 1.44. The van der Waals surface area contributed by atoms with E-state index in [1.165, 1.54) is 27.5 Å². The molecule has 0 radical (unpaired) electrons. The number of nitrogens with zero attached hydrogens (tertiary/aromatic N) is 3. The number of aromatic nitrogens is 3.